The summed E-state index contributed by atoms with van der Waals surface area (Å²) in [5.41, 5.74) is 3.58. The van der Waals surface area contributed by atoms with Gasteiger partial charge in [-0.3, -0.25) is 4.68 Å². The molecular weight excluding hydrogens is 354 g/mol. The zero-order chi connectivity index (χ0) is 20.5. The van der Waals surface area contributed by atoms with Crippen molar-refractivity contribution in [2.75, 3.05) is 26.7 Å². The molecule has 0 aliphatic rings. The Bertz CT molecular complexity index is 785. The number of rotatable bonds is 9. The molecule has 0 radical (unpaired) electrons. The molecule has 1 unspecified atom stereocenters. The number of hydrogen-bond donors (Lipinski definition) is 2. The van der Waals surface area contributed by atoms with E-state index >= 15 is 0 Å². The normalized spacial score (nSPS) is 12.6. The maximum Gasteiger partial charge on any atom is 0.191 e. The van der Waals surface area contributed by atoms with Gasteiger partial charge in [-0.25, -0.2) is 4.99 Å². The monoisotopic (exact) mass is 387 g/mol. The van der Waals surface area contributed by atoms with Crippen LogP contribution in [-0.2, 0) is 13.5 Å². The fourth-order valence-corrected chi connectivity index (χ4v) is 3.02. The maximum absolute atomic E-state index is 5.97. The minimum Gasteiger partial charge on any atom is -0.493 e. The molecule has 0 saturated heterocycles. The van der Waals surface area contributed by atoms with Crippen LogP contribution in [0.1, 0.15) is 30.8 Å². The minimum absolute atomic E-state index is 0.0745. The van der Waals surface area contributed by atoms with Crippen molar-refractivity contribution in [1.29, 1.82) is 0 Å². The lowest BCUT2D eigenvalue weighted by atomic mass is 10.1. The molecule has 0 fully saturated rings. The molecule has 7 nitrogen and oxygen atoms in total. The van der Waals surface area contributed by atoms with Gasteiger partial charge in [-0.2, -0.15) is 5.10 Å². The molecule has 2 aromatic rings. The van der Waals surface area contributed by atoms with Crippen molar-refractivity contribution in [2.45, 2.75) is 40.2 Å². The van der Waals surface area contributed by atoms with E-state index in [1.165, 1.54) is 11.3 Å². The van der Waals surface area contributed by atoms with E-state index < -0.39 is 0 Å². The summed E-state index contributed by atoms with van der Waals surface area (Å²) >= 11 is 0. The Kier molecular flexibility index (Phi) is 8.17. The Hall–Kier alpha value is -2.70. The molecular formula is C21H33N5O2. The van der Waals surface area contributed by atoms with Crippen LogP contribution < -0.4 is 20.1 Å². The van der Waals surface area contributed by atoms with Gasteiger partial charge in [0.1, 0.15) is 6.10 Å². The molecule has 7 heteroatoms. The number of nitrogens with one attached hydrogen (secondary N) is 2. The van der Waals surface area contributed by atoms with Crippen LogP contribution in [0.4, 0.5) is 0 Å². The molecule has 0 spiro atoms. The lowest BCUT2D eigenvalue weighted by Crippen LogP contribution is -2.39. The van der Waals surface area contributed by atoms with Crippen molar-refractivity contribution in [3.8, 4) is 11.5 Å². The molecule has 0 bridgehead atoms. The summed E-state index contributed by atoms with van der Waals surface area (Å²) in [4.78, 5) is 4.65. The number of aryl methyl sites for hydroxylation is 2. The fourth-order valence-electron chi connectivity index (χ4n) is 3.02. The third-order valence-electron chi connectivity index (χ3n) is 4.57. The van der Waals surface area contributed by atoms with Gasteiger partial charge in [-0.1, -0.05) is 12.1 Å². The number of methoxy groups -OCH3 is 1. The molecule has 0 aliphatic carbocycles. The van der Waals surface area contributed by atoms with Crippen LogP contribution in [0.5, 0.6) is 11.5 Å². The second-order valence-corrected chi connectivity index (χ2v) is 6.75. The predicted octanol–water partition coefficient (Wildman–Crippen LogP) is 2.61. The first-order valence-electron chi connectivity index (χ1n) is 9.77. The molecule has 1 aromatic heterocycles. The molecule has 1 aromatic carbocycles. The zero-order valence-corrected chi connectivity index (χ0v) is 17.9. The standard InChI is InChI=1S/C21H33N5O2/c1-7-22-21(23-13-12-18-16(3)25-26(5)17(18)4)24-14-15(2)28-20-11-9-8-10-19(20)27-6/h8-11,15H,7,12-14H2,1-6H3,(H2,22,23,24). The lowest BCUT2D eigenvalue weighted by Gasteiger charge is -2.16. The van der Waals surface area contributed by atoms with Gasteiger partial charge in [0.05, 0.1) is 19.3 Å². The average Bonchev–Trinajstić information content (AvgIpc) is 2.92. The smallest absolute Gasteiger partial charge is 0.191 e. The third kappa shape index (κ3) is 5.90. The molecule has 0 saturated carbocycles. The summed E-state index contributed by atoms with van der Waals surface area (Å²) in [5, 5.41) is 11.2. The molecule has 28 heavy (non-hydrogen) atoms. The summed E-state index contributed by atoms with van der Waals surface area (Å²) in [7, 11) is 3.62. The molecule has 1 heterocycles. The summed E-state index contributed by atoms with van der Waals surface area (Å²) in [6.07, 6.45) is 0.831. The fraction of sp³-hybridized carbons (Fsp3) is 0.524. The van der Waals surface area contributed by atoms with Crippen LogP contribution in [0.25, 0.3) is 0 Å². The highest BCUT2D eigenvalue weighted by molar-refractivity contribution is 5.79. The van der Waals surface area contributed by atoms with Crippen LogP contribution in [0.2, 0.25) is 0 Å². The Labute approximate surface area is 168 Å². The van der Waals surface area contributed by atoms with Gasteiger partial charge < -0.3 is 20.1 Å². The number of aliphatic imine (C=N–C) groups is 1. The number of aromatic nitrogens is 2. The minimum atomic E-state index is -0.0745. The van der Waals surface area contributed by atoms with Crippen molar-refractivity contribution in [3.05, 3.63) is 41.2 Å². The number of nitrogens with zero attached hydrogens (tertiary/aromatic N) is 3. The average molecular weight is 388 g/mol. The molecule has 2 rings (SSSR count). The maximum atomic E-state index is 5.97. The van der Waals surface area contributed by atoms with E-state index in [9.17, 15) is 0 Å². The van der Waals surface area contributed by atoms with Crippen LogP contribution >= 0.6 is 0 Å². The Morgan fingerprint density at radius 2 is 1.93 bits per heavy atom. The number of para-hydroxylation sites is 2. The van der Waals surface area contributed by atoms with Crippen LogP contribution in [0.15, 0.2) is 29.3 Å². The van der Waals surface area contributed by atoms with Gasteiger partial charge in [0, 0.05) is 25.8 Å². The third-order valence-corrected chi connectivity index (χ3v) is 4.57. The van der Waals surface area contributed by atoms with Crippen LogP contribution in [0, 0.1) is 13.8 Å². The Morgan fingerprint density at radius 3 is 2.54 bits per heavy atom. The number of hydrogen-bond acceptors (Lipinski definition) is 4. The number of ether oxygens (including phenoxy) is 2. The van der Waals surface area contributed by atoms with Gasteiger partial charge in [0.2, 0.25) is 0 Å². The first-order valence-corrected chi connectivity index (χ1v) is 9.77. The SMILES string of the molecule is CCNC(=NCC(C)Oc1ccccc1OC)NCCc1c(C)nn(C)c1C. The van der Waals surface area contributed by atoms with Crippen molar-refractivity contribution >= 4 is 5.96 Å². The number of guanidine groups is 1. The van der Waals surface area contributed by atoms with Gasteiger partial charge in [-0.05, 0) is 51.8 Å². The molecule has 0 aliphatic heterocycles. The van der Waals surface area contributed by atoms with Gasteiger partial charge in [-0.15, -0.1) is 0 Å². The second-order valence-electron chi connectivity index (χ2n) is 6.75. The van der Waals surface area contributed by atoms with Crippen LogP contribution in [-0.4, -0.2) is 48.6 Å². The lowest BCUT2D eigenvalue weighted by molar-refractivity contribution is 0.219. The van der Waals surface area contributed by atoms with Crippen molar-refractivity contribution in [2.24, 2.45) is 12.0 Å². The van der Waals surface area contributed by atoms with E-state index in [0.717, 1.165) is 42.7 Å². The summed E-state index contributed by atoms with van der Waals surface area (Å²) < 4.78 is 13.2. The molecule has 154 valence electrons. The van der Waals surface area contributed by atoms with E-state index in [1.807, 2.05) is 42.9 Å². The first-order chi connectivity index (χ1) is 13.5. The Balaban J connectivity index is 1.90. The van der Waals surface area contributed by atoms with E-state index in [-0.39, 0.29) is 6.10 Å². The van der Waals surface area contributed by atoms with Gasteiger partial charge in [0.15, 0.2) is 17.5 Å². The van der Waals surface area contributed by atoms with E-state index in [4.69, 9.17) is 9.47 Å². The Morgan fingerprint density at radius 1 is 1.21 bits per heavy atom. The first kappa shape index (κ1) is 21.6. The van der Waals surface area contributed by atoms with Crippen molar-refractivity contribution in [1.82, 2.24) is 20.4 Å². The summed E-state index contributed by atoms with van der Waals surface area (Å²) in [6.45, 7) is 10.4. The van der Waals surface area contributed by atoms with Gasteiger partial charge in [0.25, 0.3) is 0 Å². The quantitative estimate of drug-likeness (QED) is 0.511. The summed E-state index contributed by atoms with van der Waals surface area (Å²) in [6, 6.07) is 7.65. The number of benzene rings is 1. The topological polar surface area (TPSA) is 72.7 Å². The van der Waals surface area contributed by atoms with Crippen LogP contribution in [0.3, 0.4) is 0 Å². The second kappa shape index (κ2) is 10.6. The van der Waals surface area contributed by atoms with E-state index in [2.05, 4.69) is 41.5 Å². The highest BCUT2D eigenvalue weighted by atomic mass is 16.5. The highest BCUT2D eigenvalue weighted by Crippen LogP contribution is 2.26. The molecule has 1 atom stereocenters. The predicted molar refractivity (Wildman–Crippen MR) is 113 cm³/mol. The van der Waals surface area contributed by atoms with E-state index in [0.29, 0.717) is 6.54 Å². The zero-order valence-electron chi connectivity index (χ0n) is 17.9. The largest absolute Gasteiger partial charge is 0.493 e. The molecule has 0 amide bonds. The van der Waals surface area contributed by atoms with Crippen molar-refractivity contribution < 1.29 is 9.47 Å². The molecule has 2 N–H and O–H groups in total. The summed E-state index contributed by atoms with van der Waals surface area (Å²) in [5.74, 6) is 2.25. The van der Waals surface area contributed by atoms with E-state index in [1.54, 1.807) is 7.11 Å². The van der Waals surface area contributed by atoms with Crippen molar-refractivity contribution in [3.63, 3.8) is 0 Å². The highest BCUT2D eigenvalue weighted by Gasteiger charge is 2.10. The van der Waals surface area contributed by atoms with Gasteiger partial charge >= 0.3 is 0 Å².